The fourth-order valence-electron chi connectivity index (χ4n) is 2.13. The fourth-order valence-corrected chi connectivity index (χ4v) is 8.04. The van der Waals surface area contributed by atoms with Gasteiger partial charge in [0.1, 0.15) is 12.1 Å². The van der Waals surface area contributed by atoms with E-state index < -0.39 is 18.1 Å². The number of nitrogens with two attached hydrogens (primary N) is 1. The Labute approximate surface area is 138 Å². The lowest BCUT2D eigenvalue weighted by Crippen LogP contribution is -2.43. The van der Waals surface area contributed by atoms with E-state index in [9.17, 15) is 9.36 Å². The first-order chi connectivity index (χ1) is 10.1. The molecular weight excluding hydrogens is 321 g/mol. The lowest BCUT2D eigenvalue weighted by molar-refractivity contribution is -0.148. The standard InChI is InChI=1S/C15H30NO4PS/c1-6-13(11(2)3)21(18,20-12-7-8-12)22-10-9-19-14(17)15(4,5)16/h11-13H,6-10,16H2,1-5H3. The molecule has 0 amide bonds. The zero-order chi connectivity index (χ0) is 17.0. The van der Waals surface area contributed by atoms with Gasteiger partial charge in [0, 0.05) is 11.4 Å². The first kappa shape index (κ1) is 20.0. The zero-order valence-electron chi connectivity index (χ0n) is 14.3. The number of esters is 1. The third kappa shape index (κ3) is 6.23. The van der Waals surface area contributed by atoms with Gasteiger partial charge in [-0.1, -0.05) is 32.2 Å². The number of hydrogen-bond acceptors (Lipinski definition) is 6. The van der Waals surface area contributed by atoms with Crippen LogP contribution in [0.15, 0.2) is 0 Å². The molecular formula is C15H30NO4PS. The Morgan fingerprint density at radius 3 is 2.41 bits per heavy atom. The molecule has 0 aromatic carbocycles. The molecule has 1 saturated carbocycles. The highest BCUT2D eigenvalue weighted by Gasteiger charge is 2.41. The van der Waals surface area contributed by atoms with Crippen molar-refractivity contribution in [3.8, 4) is 0 Å². The van der Waals surface area contributed by atoms with E-state index in [0.29, 0.717) is 11.7 Å². The second-order valence-corrected chi connectivity index (χ2v) is 11.7. The van der Waals surface area contributed by atoms with Crippen molar-refractivity contribution < 1.29 is 18.6 Å². The fraction of sp³-hybridized carbons (Fsp3) is 0.933. The minimum Gasteiger partial charge on any atom is -0.463 e. The van der Waals surface area contributed by atoms with Crippen LogP contribution in [0.2, 0.25) is 0 Å². The smallest absolute Gasteiger partial charge is 0.325 e. The van der Waals surface area contributed by atoms with Crippen molar-refractivity contribution >= 4 is 23.9 Å². The Bertz CT molecular complexity index is 418. The Hall–Kier alpha value is -0.0300. The predicted octanol–water partition coefficient (Wildman–Crippen LogP) is 3.81. The number of hydrogen-bond donors (Lipinski definition) is 1. The lowest BCUT2D eigenvalue weighted by Gasteiger charge is -2.29. The van der Waals surface area contributed by atoms with E-state index in [1.807, 2.05) is 6.92 Å². The van der Waals surface area contributed by atoms with Crippen LogP contribution in [0.25, 0.3) is 0 Å². The van der Waals surface area contributed by atoms with Gasteiger partial charge < -0.3 is 15.0 Å². The molecule has 0 aromatic heterocycles. The molecule has 0 radical (unpaired) electrons. The molecule has 1 aliphatic rings. The molecule has 2 N–H and O–H groups in total. The molecule has 0 spiro atoms. The molecule has 0 aliphatic heterocycles. The summed E-state index contributed by atoms with van der Waals surface area (Å²) in [6.07, 6.45) is 2.96. The number of ether oxygens (including phenoxy) is 1. The Kier molecular flexibility index (Phi) is 7.44. The largest absolute Gasteiger partial charge is 0.463 e. The van der Waals surface area contributed by atoms with Crippen molar-refractivity contribution in [3.63, 3.8) is 0 Å². The van der Waals surface area contributed by atoms with Gasteiger partial charge in [0.15, 0.2) is 0 Å². The third-order valence-electron chi connectivity index (χ3n) is 3.53. The van der Waals surface area contributed by atoms with Crippen molar-refractivity contribution in [2.45, 2.75) is 71.2 Å². The third-order valence-corrected chi connectivity index (χ3v) is 9.30. The van der Waals surface area contributed by atoms with Gasteiger partial charge in [-0.2, -0.15) is 0 Å². The van der Waals surface area contributed by atoms with Crippen LogP contribution in [0.3, 0.4) is 0 Å². The quantitative estimate of drug-likeness (QED) is 0.366. The van der Waals surface area contributed by atoms with E-state index >= 15 is 0 Å². The van der Waals surface area contributed by atoms with Crippen LogP contribution in [0.1, 0.15) is 53.9 Å². The van der Waals surface area contributed by atoms with Crippen molar-refractivity contribution in [2.24, 2.45) is 11.7 Å². The summed E-state index contributed by atoms with van der Waals surface area (Å²) in [6.45, 7) is 6.84. The molecule has 7 heteroatoms. The maximum absolute atomic E-state index is 13.3. The molecule has 1 fully saturated rings. The van der Waals surface area contributed by atoms with E-state index in [1.54, 1.807) is 13.8 Å². The SMILES string of the molecule is CCC(C(C)C)P(=O)(OC1CC1)SCCOC(=O)C(C)(C)N. The van der Waals surface area contributed by atoms with Gasteiger partial charge in [-0.3, -0.25) is 9.36 Å². The van der Waals surface area contributed by atoms with Crippen molar-refractivity contribution in [3.05, 3.63) is 0 Å². The van der Waals surface area contributed by atoms with Crippen LogP contribution in [-0.2, 0) is 18.6 Å². The summed E-state index contributed by atoms with van der Waals surface area (Å²) < 4.78 is 24.3. The van der Waals surface area contributed by atoms with Crippen molar-refractivity contribution in [1.82, 2.24) is 0 Å². The van der Waals surface area contributed by atoms with E-state index in [0.717, 1.165) is 19.3 Å². The van der Waals surface area contributed by atoms with Gasteiger partial charge in [-0.05, 0) is 39.0 Å². The molecule has 1 rings (SSSR count). The van der Waals surface area contributed by atoms with Gasteiger partial charge >= 0.3 is 5.97 Å². The summed E-state index contributed by atoms with van der Waals surface area (Å²) >= 11 is 1.32. The predicted molar refractivity (Wildman–Crippen MR) is 92.3 cm³/mol. The van der Waals surface area contributed by atoms with Gasteiger partial charge in [-0.15, -0.1) is 0 Å². The van der Waals surface area contributed by atoms with Gasteiger partial charge in [0.25, 0.3) is 6.57 Å². The van der Waals surface area contributed by atoms with Crippen LogP contribution >= 0.6 is 18.0 Å². The maximum Gasteiger partial charge on any atom is 0.325 e. The second-order valence-electron chi connectivity index (χ2n) is 6.76. The summed E-state index contributed by atoms with van der Waals surface area (Å²) in [6, 6.07) is 0. The van der Waals surface area contributed by atoms with Gasteiger partial charge in [0.2, 0.25) is 0 Å². The molecule has 1 aliphatic carbocycles. The number of carbonyl (C=O) groups excluding carboxylic acids is 1. The minimum atomic E-state index is -2.79. The Morgan fingerprint density at radius 1 is 1.41 bits per heavy atom. The highest BCUT2D eigenvalue weighted by molar-refractivity contribution is 8.56. The molecule has 0 bridgehead atoms. The molecule has 2 atom stereocenters. The number of carbonyl (C=O) groups is 1. The average molecular weight is 351 g/mol. The average Bonchev–Trinajstić information content (AvgIpc) is 3.17. The normalized spacial score (nSPS) is 19.8. The summed E-state index contributed by atoms with van der Waals surface area (Å²) in [4.78, 5) is 11.6. The molecule has 2 unspecified atom stereocenters. The second kappa shape index (κ2) is 8.18. The summed E-state index contributed by atoms with van der Waals surface area (Å²) in [5.41, 5.74) is 4.71. The molecule has 130 valence electrons. The van der Waals surface area contributed by atoms with E-state index in [4.69, 9.17) is 15.0 Å². The first-order valence-electron chi connectivity index (χ1n) is 7.99. The molecule has 5 nitrogen and oxygen atoms in total. The van der Waals surface area contributed by atoms with E-state index in [1.165, 1.54) is 11.4 Å². The van der Waals surface area contributed by atoms with Gasteiger partial charge in [0.05, 0.1) is 6.10 Å². The summed E-state index contributed by atoms with van der Waals surface area (Å²) in [5, 5.41) is 0. The van der Waals surface area contributed by atoms with Crippen LogP contribution in [-0.4, -0.2) is 35.6 Å². The van der Waals surface area contributed by atoms with Crippen LogP contribution in [0, 0.1) is 5.92 Å². The summed E-state index contributed by atoms with van der Waals surface area (Å²) in [7, 11) is 0. The molecule has 22 heavy (non-hydrogen) atoms. The Morgan fingerprint density at radius 2 is 2.00 bits per heavy atom. The van der Waals surface area contributed by atoms with Crippen molar-refractivity contribution in [2.75, 3.05) is 12.4 Å². The van der Waals surface area contributed by atoms with Crippen molar-refractivity contribution in [1.29, 1.82) is 0 Å². The molecule has 0 aromatic rings. The highest BCUT2D eigenvalue weighted by Crippen LogP contribution is 2.68. The van der Waals surface area contributed by atoms with Crippen LogP contribution in [0.4, 0.5) is 0 Å². The first-order valence-corrected chi connectivity index (χ1v) is 11.3. The maximum atomic E-state index is 13.3. The van der Waals surface area contributed by atoms with Crippen LogP contribution < -0.4 is 5.73 Å². The zero-order valence-corrected chi connectivity index (χ0v) is 16.0. The lowest BCUT2D eigenvalue weighted by atomic mass is 10.1. The highest BCUT2D eigenvalue weighted by atomic mass is 32.7. The Balaban J connectivity index is 2.55. The number of rotatable bonds is 10. The van der Waals surface area contributed by atoms with Gasteiger partial charge in [-0.25, -0.2) is 0 Å². The monoisotopic (exact) mass is 351 g/mol. The van der Waals surface area contributed by atoms with Crippen LogP contribution in [0.5, 0.6) is 0 Å². The van der Waals surface area contributed by atoms with E-state index in [-0.39, 0.29) is 18.4 Å². The molecule has 0 saturated heterocycles. The summed E-state index contributed by atoms with van der Waals surface area (Å²) in [5.74, 6) is 0.323. The minimum absolute atomic E-state index is 0.0414. The van der Waals surface area contributed by atoms with E-state index in [2.05, 4.69) is 13.8 Å². The topological polar surface area (TPSA) is 78.6 Å². The molecule has 0 heterocycles.